The molecule has 4 rings (SSSR count). The molecule has 6 heteroatoms. The molecule has 27 heavy (non-hydrogen) atoms. The average Bonchev–Trinajstić information content (AvgIpc) is 3.40. The molecule has 0 aliphatic carbocycles. The molecule has 3 aromatic rings. The van der Waals surface area contributed by atoms with Crippen molar-refractivity contribution in [2.24, 2.45) is 0 Å². The number of methoxy groups -OCH3 is 1. The first kappa shape index (κ1) is 17.1. The highest BCUT2D eigenvalue weighted by Gasteiger charge is 2.30. The van der Waals surface area contributed by atoms with E-state index in [0.29, 0.717) is 0 Å². The van der Waals surface area contributed by atoms with Gasteiger partial charge in [0.2, 0.25) is 0 Å². The van der Waals surface area contributed by atoms with Gasteiger partial charge in [-0.2, -0.15) is 5.10 Å². The summed E-state index contributed by atoms with van der Waals surface area (Å²) in [5.41, 5.74) is 2.71. The standard InChI is InChI=1S/C21H22N4O2/c1-27-17-11-9-16(10-12-17)19-8-4-14-24(19)21(26)23-18-6-2-3-7-20(18)25-15-5-13-22-25/h2-3,5-7,9-13,15,19H,4,8,14H2,1H3,(H,23,26)/t19-/m0/s1. The van der Waals surface area contributed by atoms with E-state index < -0.39 is 0 Å². The lowest BCUT2D eigenvalue weighted by atomic mass is 10.0. The van der Waals surface area contributed by atoms with Crippen LogP contribution in [0.3, 0.4) is 0 Å². The van der Waals surface area contributed by atoms with Crippen molar-refractivity contribution in [1.82, 2.24) is 14.7 Å². The molecule has 0 bridgehead atoms. The van der Waals surface area contributed by atoms with Gasteiger partial charge in [-0.25, -0.2) is 9.48 Å². The first-order chi connectivity index (χ1) is 13.3. The Bertz CT molecular complexity index is 906. The van der Waals surface area contributed by atoms with E-state index in [2.05, 4.69) is 10.4 Å². The fourth-order valence-electron chi connectivity index (χ4n) is 3.56. The molecule has 2 amide bonds. The summed E-state index contributed by atoms with van der Waals surface area (Å²) in [7, 11) is 1.65. The Morgan fingerprint density at radius 2 is 1.96 bits per heavy atom. The van der Waals surface area contributed by atoms with Crippen molar-refractivity contribution in [1.29, 1.82) is 0 Å². The number of carbonyl (C=O) groups is 1. The number of hydrogen-bond donors (Lipinski definition) is 1. The number of anilines is 1. The van der Waals surface area contributed by atoms with Gasteiger partial charge >= 0.3 is 6.03 Å². The molecule has 6 nitrogen and oxygen atoms in total. The average molecular weight is 362 g/mol. The molecular weight excluding hydrogens is 340 g/mol. The first-order valence-electron chi connectivity index (χ1n) is 9.07. The smallest absolute Gasteiger partial charge is 0.322 e. The van der Waals surface area contributed by atoms with Crippen LogP contribution in [0.15, 0.2) is 67.0 Å². The maximum absolute atomic E-state index is 13.0. The molecule has 1 aliphatic rings. The summed E-state index contributed by atoms with van der Waals surface area (Å²) in [6.07, 6.45) is 5.53. The van der Waals surface area contributed by atoms with Crippen LogP contribution in [0.5, 0.6) is 5.75 Å². The van der Waals surface area contributed by atoms with Gasteiger partial charge < -0.3 is 15.0 Å². The van der Waals surface area contributed by atoms with Crippen LogP contribution in [-0.2, 0) is 0 Å². The second kappa shape index (κ2) is 7.53. The van der Waals surface area contributed by atoms with Crippen LogP contribution in [-0.4, -0.2) is 34.4 Å². The summed E-state index contributed by atoms with van der Waals surface area (Å²) in [6, 6.07) is 17.5. The summed E-state index contributed by atoms with van der Waals surface area (Å²) in [6.45, 7) is 0.743. The van der Waals surface area contributed by atoms with Gasteiger partial charge in [0.15, 0.2) is 0 Å². The Labute approximate surface area is 158 Å². The van der Waals surface area contributed by atoms with Gasteiger partial charge in [0, 0.05) is 18.9 Å². The van der Waals surface area contributed by atoms with Gasteiger partial charge in [-0.15, -0.1) is 0 Å². The number of rotatable bonds is 4. The lowest BCUT2D eigenvalue weighted by Crippen LogP contribution is -2.34. The summed E-state index contributed by atoms with van der Waals surface area (Å²) in [5.74, 6) is 0.820. The normalized spacial score (nSPS) is 16.3. The Balaban J connectivity index is 1.54. The third kappa shape index (κ3) is 3.51. The van der Waals surface area contributed by atoms with E-state index in [4.69, 9.17) is 4.74 Å². The van der Waals surface area contributed by atoms with Crippen molar-refractivity contribution in [3.63, 3.8) is 0 Å². The molecule has 0 radical (unpaired) electrons. The Kier molecular flexibility index (Phi) is 4.78. The Morgan fingerprint density at radius 3 is 2.70 bits per heavy atom. The summed E-state index contributed by atoms with van der Waals surface area (Å²) >= 11 is 0. The van der Waals surface area contributed by atoms with Crippen LogP contribution in [0.2, 0.25) is 0 Å². The number of carbonyl (C=O) groups excluding carboxylic acids is 1. The van der Waals surface area contributed by atoms with E-state index in [9.17, 15) is 4.79 Å². The van der Waals surface area contributed by atoms with Gasteiger partial charge in [-0.05, 0) is 48.7 Å². The summed E-state index contributed by atoms with van der Waals surface area (Å²) in [4.78, 5) is 14.9. The van der Waals surface area contributed by atoms with E-state index in [1.165, 1.54) is 0 Å². The molecule has 1 aromatic heterocycles. The molecule has 0 spiro atoms. The lowest BCUT2D eigenvalue weighted by molar-refractivity contribution is 0.207. The number of para-hydroxylation sites is 2. The maximum atomic E-state index is 13.0. The molecule has 1 saturated heterocycles. The van der Waals surface area contributed by atoms with Gasteiger partial charge in [-0.3, -0.25) is 0 Å². The minimum absolute atomic E-state index is 0.0766. The van der Waals surface area contributed by atoms with Crippen molar-refractivity contribution in [3.8, 4) is 11.4 Å². The molecule has 138 valence electrons. The van der Waals surface area contributed by atoms with E-state index in [1.807, 2.05) is 65.7 Å². The highest BCUT2D eigenvalue weighted by molar-refractivity contribution is 5.92. The Morgan fingerprint density at radius 1 is 1.15 bits per heavy atom. The predicted octanol–water partition coefficient (Wildman–Crippen LogP) is 4.25. The lowest BCUT2D eigenvalue weighted by Gasteiger charge is -2.26. The number of hydrogen-bond acceptors (Lipinski definition) is 3. The molecule has 1 aliphatic heterocycles. The van der Waals surface area contributed by atoms with Gasteiger partial charge in [0.05, 0.1) is 24.5 Å². The van der Waals surface area contributed by atoms with Crippen LogP contribution in [0.4, 0.5) is 10.5 Å². The minimum atomic E-state index is -0.0899. The molecule has 0 saturated carbocycles. The Hall–Kier alpha value is -3.28. The number of likely N-dealkylation sites (tertiary alicyclic amines) is 1. The second-order valence-corrected chi connectivity index (χ2v) is 6.52. The van der Waals surface area contributed by atoms with Crippen LogP contribution < -0.4 is 10.1 Å². The highest BCUT2D eigenvalue weighted by atomic mass is 16.5. The number of nitrogens with one attached hydrogen (secondary N) is 1. The fourth-order valence-corrected chi connectivity index (χ4v) is 3.56. The molecule has 1 fully saturated rings. The number of nitrogens with zero attached hydrogens (tertiary/aromatic N) is 3. The topological polar surface area (TPSA) is 59.4 Å². The van der Waals surface area contributed by atoms with Crippen molar-refractivity contribution in [3.05, 3.63) is 72.6 Å². The highest BCUT2D eigenvalue weighted by Crippen LogP contribution is 2.33. The van der Waals surface area contributed by atoms with Crippen LogP contribution in [0, 0.1) is 0 Å². The molecule has 2 aromatic carbocycles. The zero-order valence-corrected chi connectivity index (χ0v) is 15.2. The quantitative estimate of drug-likeness (QED) is 0.755. The summed E-state index contributed by atoms with van der Waals surface area (Å²) < 4.78 is 6.98. The number of amides is 2. The van der Waals surface area contributed by atoms with Gasteiger partial charge in [0.25, 0.3) is 0 Å². The number of ether oxygens (including phenoxy) is 1. The number of aromatic nitrogens is 2. The molecule has 2 heterocycles. The molecular formula is C21H22N4O2. The zero-order chi connectivity index (χ0) is 18.6. The fraction of sp³-hybridized carbons (Fsp3) is 0.238. The SMILES string of the molecule is COc1ccc([C@@H]2CCCN2C(=O)Nc2ccccc2-n2cccn2)cc1. The number of benzene rings is 2. The molecule has 1 N–H and O–H groups in total. The monoisotopic (exact) mass is 362 g/mol. The van der Waals surface area contributed by atoms with Gasteiger partial charge in [-0.1, -0.05) is 24.3 Å². The molecule has 1 atom stereocenters. The van der Waals surface area contributed by atoms with Crippen LogP contribution in [0.25, 0.3) is 5.69 Å². The van der Waals surface area contributed by atoms with Crippen molar-refractivity contribution >= 4 is 11.7 Å². The number of urea groups is 1. The van der Waals surface area contributed by atoms with Crippen molar-refractivity contribution < 1.29 is 9.53 Å². The third-order valence-corrected chi connectivity index (χ3v) is 4.91. The van der Waals surface area contributed by atoms with Crippen LogP contribution >= 0.6 is 0 Å². The van der Waals surface area contributed by atoms with Crippen molar-refractivity contribution in [2.45, 2.75) is 18.9 Å². The maximum Gasteiger partial charge on any atom is 0.322 e. The van der Waals surface area contributed by atoms with E-state index in [0.717, 1.165) is 42.1 Å². The molecule has 0 unspecified atom stereocenters. The minimum Gasteiger partial charge on any atom is -0.497 e. The van der Waals surface area contributed by atoms with Gasteiger partial charge in [0.1, 0.15) is 5.75 Å². The van der Waals surface area contributed by atoms with Crippen LogP contribution in [0.1, 0.15) is 24.4 Å². The largest absolute Gasteiger partial charge is 0.497 e. The van der Waals surface area contributed by atoms with E-state index >= 15 is 0 Å². The predicted molar refractivity (Wildman–Crippen MR) is 104 cm³/mol. The third-order valence-electron chi connectivity index (χ3n) is 4.91. The van der Waals surface area contributed by atoms with E-state index in [-0.39, 0.29) is 12.1 Å². The zero-order valence-electron chi connectivity index (χ0n) is 15.2. The first-order valence-corrected chi connectivity index (χ1v) is 9.07. The van der Waals surface area contributed by atoms with Crippen molar-refractivity contribution in [2.75, 3.05) is 19.0 Å². The second-order valence-electron chi connectivity index (χ2n) is 6.52. The summed E-state index contributed by atoms with van der Waals surface area (Å²) in [5, 5.41) is 7.34. The van der Waals surface area contributed by atoms with E-state index in [1.54, 1.807) is 18.0 Å².